The van der Waals surface area contributed by atoms with Gasteiger partial charge in [-0.1, -0.05) is 44.0 Å². The molecule has 0 aliphatic heterocycles. The van der Waals surface area contributed by atoms with Gasteiger partial charge in [0.15, 0.2) is 0 Å². The third-order valence-corrected chi connectivity index (χ3v) is 3.23. The van der Waals surface area contributed by atoms with E-state index in [0.717, 1.165) is 30.7 Å². The van der Waals surface area contributed by atoms with Crippen LogP contribution in [0.5, 0.6) is 5.75 Å². The van der Waals surface area contributed by atoms with Gasteiger partial charge in [-0.15, -0.1) is 5.46 Å². The molecule has 108 valence electrons. The largest absolute Gasteiger partial charge is 1.00 e. The fourth-order valence-corrected chi connectivity index (χ4v) is 2.08. The summed E-state index contributed by atoms with van der Waals surface area (Å²) in [6.07, 6.45) is 3.23. The van der Waals surface area contributed by atoms with Crippen LogP contribution in [-0.2, 0) is 0 Å². The molecule has 0 amide bonds. The molecule has 2 aromatic carbocycles. The van der Waals surface area contributed by atoms with E-state index >= 15 is 0 Å². The van der Waals surface area contributed by atoms with Crippen molar-refractivity contribution in [1.82, 2.24) is 0 Å². The van der Waals surface area contributed by atoms with Gasteiger partial charge in [-0.3, -0.25) is 0 Å². The molecule has 0 fully saturated rings. The summed E-state index contributed by atoms with van der Waals surface area (Å²) < 4.78 is 43.6. The van der Waals surface area contributed by atoms with Crippen LogP contribution >= 0.6 is 0 Å². The molecule has 1 nitrogen and oxygen atoms in total. The SMILES string of the molecule is CCCCCOc1ccc2cc([B-](F)(F)F)ccc2c1.[K+]. The Morgan fingerprint density at radius 3 is 2.29 bits per heavy atom. The van der Waals surface area contributed by atoms with Gasteiger partial charge in [0, 0.05) is 0 Å². The van der Waals surface area contributed by atoms with Crippen LogP contribution in [0.2, 0.25) is 0 Å². The van der Waals surface area contributed by atoms with Crippen LogP contribution in [0.3, 0.4) is 0 Å². The first-order valence-electron chi connectivity index (χ1n) is 6.87. The smallest absolute Gasteiger partial charge is 0.494 e. The van der Waals surface area contributed by atoms with Crippen molar-refractivity contribution in [3.05, 3.63) is 36.4 Å². The van der Waals surface area contributed by atoms with Gasteiger partial charge in [-0.2, -0.15) is 0 Å². The fraction of sp³-hybridized carbons (Fsp3) is 0.333. The van der Waals surface area contributed by atoms with Crippen LogP contribution in [0.15, 0.2) is 36.4 Å². The minimum Gasteiger partial charge on any atom is -0.494 e. The van der Waals surface area contributed by atoms with E-state index in [-0.39, 0.29) is 51.4 Å². The third-order valence-electron chi connectivity index (χ3n) is 3.23. The van der Waals surface area contributed by atoms with Gasteiger partial charge in [-0.05, 0) is 29.3 Å². The van der Waals surface area contributed by atoms with Crippen LogP contribution in [0, 0.1) is 0 Å². The average Bonchev–Trinajstić information content (AvgIpc) is 2.42. The Balaban J connectivity index is 0.00000220. The third kappa shape index (κ3) is 5.60. The molecule has 6 heteroatoms. The number of rotatable bonds is 6. The van der Waals surface area contributed by atoms with E-state index < -0.39 is 12.4 Å². The number of fused-ring (bicyclic) bond motifs is 1. The van der Waals surface area contributed by atoms with Crippen molar-refractivity contribution in [1.29, 1.82) is 0 Å². The molecule has 0 radical (unpaired) electrons. The first-order chi connectivity index (χ1) is 9.50. The fourth-order valence-electron chi connectivity index (χ4n) is 2.08. The topological polar surface area (TPSA) is 9.23 Å². The predicted octanol–water partition coefficient (Wildman–Crippen LogP) is 1.47. The van der Waals surface area contributed by atoms with Crippen molar-refractivity contribution in [2.45, 2.75) is 26.2 Å². The molecule has 0 bridgehead atoms. The molecule has 0 saturated heterocycles. The summed E-state index contributed by atoms with van der Waals surface area (Å²) in [5, 5.41) is 1.35. The monoisotopic (exact) mass is 320 g/mol. The average molecular weight is 320 g/mol. The van der Waals surface area contributed by atoms with Crippen molar-refractivity contribution < 1.29 is 69.1 Å². The minimum atomic E-state index is -4.94. The molecule has 0 spiro atoms. The maximum absolute atomic E-state index is 12.7. The van der Waals surface area contributed by atoms with E-state index in [1.807, 2.05) is 0 Å². The van der Waals surface area contributed by atoms with E-state index in [9.17, 15) is 12.9 Å². The van der Waals surface area contributed by atoms with Crippen LogP contribution in [-0.4, -0.2) is 13.6 Å². The summed E-state index contributed by atoms with van der Waals surface area (Å²) in [6.45, 7) is -2.18. The second-order valence-corrected chi connectivity index (χ2v) is 4.90. The van der Waals surface area contributed by atoms with Gasteiger partial charge < -0.3 is 17.7 Å². The zero-order valence-electron chi connectivity index (χ0n) is 12.4. The summed E-state index contributed by atoms with van der Waals surface area (Å²) in [5.74, 6) is 0.707. The van der Waals surface area contributed by atoms with Crippen LogP contribution in [0.1, 0.15) is 26.2 Å². The summed E-state index contributed by atoms with van der Waals surface area (Å²) in [6, 6.07) is 9.00. The van der Waals surface area contributed by atoms with Crippen molar-refractivity contribution >= 4 is 23.2 Å². The number of unbranched alkanes of at least 4 members (excludes halogenated alkanes) is 2. The van der Waals surface area contributed by atoms with Crippen molar-refractivity contribution in [2.75, 3.05) is 6.61 Å². The quantitative estimate of drug-likeness (QED) is 0.579. The molecule has 0 aliphatic carbocycles. The van der Waals surface area contributed by atoms with Gasteiger partial charge in [0.2, 0.25) is 0 Å². The van der Waals surface area contributed by atoms with Crippen LogP contribution in [0.25, 0.3) is 10.8 Å². The summed E-state index contributed by atoms with van der Waals surface area (Å²) in [4.78, 5) is 0. The van der Waals surface area contributed by atoms with Crippen molar-refractivity contribution in [3.63, 3.8) is 0 Å². The summed E-state index contributed by atoms with van der Waals surface area (Å²) in [7, 11) is 0. The molecular weight excluding hydrogens is 303 g/mol. The molecule has 21 heavy (non-hydrogen) atoms. The molecule has 2 aromatic rings. The summed E-state index contributed by atoms with van der Waals surface area (Å²) >= 11 is 0. The molecule has 0 saturated carbocycles. The zero-order valence-corrected chi connectivity index (χ0v) is 15.5. The second-order valence-electron chi connectivity index (χ2n) is 4.90. The first kappa shape index (κ1) is 19.0. The minimum absolute atomic E-state index is 0. The second kappa shape index (κ2) is 8.58. The maximum atomic E-state index is 12.7. The van der Waals surface area contributed by atoms with Crippen LogP contribution in [0.4, 0.5) is 12.9 Å². The van der Waals surface area contributed by atoms with E-state index in [4.69, 9.17) is 4.74 Å². The number of halogens is 3. The Labute approximate surface area is 165 Å². The Bertz CT molecular complexity index is 587. The van der Waals surface area contributed by atoms with Crippen LogP contribution < -0.4 is 61.6 Å². The summed E-state index contributed by atoms with van der Waals surface area (Å²) in [5.41, 5.74) is -0.561. The predicted molar refractivity (Wildman–Crippen MR) is 77.7 cm³/mol. The molecule has 2 rings (SSSR count). The standard InChI is InChI=1S/C15H17BF3O.K/c1-2-3-4-9-20-15-8-6-12-10-14(16(17,18)19)7-5-13(12)11-15;/h5-8,10-11H,2-4,9H2,1H3;/q-1;+1. The van der Waals surface area contributed by atoms with E-state index in [1.165, 1.54) is 12.1 Å². The number of ether oxygens (including phenoxy) is 1. The molecule has 0 aliphatic rings. The van der Waals surface area contributed by atoms with E-state index in [0.29, 0.717) is 17.7 Å². The number of hydrogen-bond acceptors (Lipinski definition) is 1. The Morgan fingerprint density at radius 1 is 0.952 bits per heavy atom. The van der Waals surface area contributed by atoms with E-state index in [1.54, 1.807) is 18.2 Å². The first-order valence-corrected chi connectivity index (χ1v) is 6.87. The van der Waals surface area contributed by atoms with Gasteiger partial charge in [0.1, 0.15) is 5.75 Å². The van der Waals surface area contributed by atoms with Gasteiger partial charge in [-0.25, -0.2) is 0 Å². The van der Waals surface area contributed by atoms with E-state index in [2.05, 4.69) is 6.92 Å². The molecule has 0 N–H and O–H groups in total. The Morgan fingerprint density at radius 2 is 1.62 bits per heavy atom. The van der Waals surface area contributed by atoms with Gasteiger partial charge in [0.25, 0.3) is 0 Å². The normalized spacial score (nSPS) is 11.2. The molecule has 0 heterocycles. The van der Waals surface area contributed by atoms with Crippen molar-refractivity contribution in [2.24, 2.45) is 0 Å². The molecule has 0 unspecified atom stereocenters. The number of benzene rings is 2. The van der Waals surface area contributed by atoms with Crippen molar-refractivity contribution in [3.8, 4) is 5.75 Å². The number of hydrogen-bond donors (Lipinski definition) is 0. The molecular formula is C15H17BF3KO. The molecule has 0 atom stereocenters. The molecule has 0 aromatic heterocycles. The van der Waals surface area contributed by atoms with Gasteiger partial charge >= 0.3 is 58.4 Å². The maximum Gasteiger partial charge on any atom is 1.00 e. The van der Waals surface area contributed by atoms with Gasteiger partial charge in [0.05, 0.1) is 6.61 Å². The Kier molecular flexibility index (Phi) is 7.78. The Hall–Kier alpha value is -0.00870. The zero-order chi connectivity index (χ0) is 14.6.